The van der Waals surface area contributed by atoms with Gasteiger partial charge >= 0.3 is 5.97 Å². The lowest BCUT2D eigenvalue weighted by atomic mass is 10.1. The number of rotatable bonds is 7. The Balaban J connectivity index is 1.70. The first-order valence-electron chi connectivity index (χ1n) is 8.25. The van der Waals surface area contributed by atoms with Crippen LogP contribution < -0.4 is 5.32 Å². The van der Waals surface area contributed by atoms with Crippen molar-refractivity contribution in [3.8, 4) is 5.00 Å². The van der Waals surface area contributed by atoms with E-state index >= 15 is 0 Å². The van der Waals surface area contributed by atoms with Gasteiger partial charge in [0, 0.05) is 18.1 Å². The first-order valence-corrected chi connectivity index (χ1v) is 9.13. The van der Waals surface area contributed by atoms with Gasteiger partial charge in [-0.25, -0.2) is 9.78 Å². The Bertz CT molecular complexity index is 885. The van der Waals surface area contributed by atoms with Crippen molar-refractivity contribution in [2.75, 3.05) is 11.9 Å². The van der Waals surface area contributed by atoms with Crippen LogP contribution >= 0.6 is 11.3 Å². The maximum atomic E-state index is 12.8. The van der Waals surface area contributed by atoms with E-state index in [2.05, 4.69) is 10.3 Å². The summed E-state index contributed by atoms with van der Waals surface area (Å²) in [6.07, 6.45) is 3.40. The summed E-state index contributed by atoms with van der Waals surface area (Å²) in [6, 6.07) is 10.2. The Kier molecular flexibility index (Phi) is 5.48. The minimum absolute atomic E-state index is 0.113. The number of hydrogen-bond donors (Lipinski definition) is 1. The third-order valence-corrected chi connectivity index (χ3v) is 4.64. The van der Waals surface area contributed by atoms with Crippen LogP contribution in [0.15, 0.2) is 54.2 Å². The van der Waals surface area contributed by atoms with E-state index in [1.165, 1.54) is 0 Å². The van der Waals surface area contributed by atoms with Gasteiger partial charge in [0.2, 0.25) is 5.78 Å². The molecule has 0 aliphatic carbocycles. The molecule has 0 saturated carbocycles. The maximum Gasteiger partial charge on any atom is 0.338 e. The molecule has 1 aromatic carbocycles. The van der Waals surface area contributed by atoms with Crippen molar-refractivity contribution < 1.29 is 14.3 Å². The molecule has 26 heavy (non-hydrogen) atoms. The van der Waals surface area contributed by atoms with Gasteiger partial charge in [-0.1, -0.05) is 0 Å². The molecule has 0 amide bonds. The van der Waals surface area contributed by atoms with Gasteiger partial charge < -0.3 is 10.1 Å². The summed E-state index contributed by atoms with van der Waals surface area (Å²) in [4.78, 5) is 28.7. The lowest BCUT2D eigenvalue weighted by molar-refractivity contribution is 0.0526. The quantitative estimate of drug-likeness (QED) is 0.507. The molecule has 0 radical (unpaired) electrons. The fourth-order valence-corrected chi connectivity index (χ4v) is 3.21. The Morgan fingerprint density at radius 3 is 2.69 bits per heavy atom. The first kappa shape index (κ1) is 17.9. The predicted octanol–water partition coefficient (Wildman–Crippen LogP) is 3.79. The van der Waals surface area contributed by atoms with E-state index in [-0.39, 0.29) is 11.8 Å². The van der Waals surface area contributed by atoms with Gasteiger partial charge in [0.15, 0.2) is 5.82 Å². The zero-order valence-corrected chi connectivity index (χ0v) is 15.3. The van der Waals surface area contributed by atoms with Crippen LogP contribution in [0, 0.1) is 0 Å². The second kappa shape index (κ2) is 7.97. The predicted molar refractivity (Wildman–Crippen MR) is 101 cm³/mol. The maximum absolute atomic E-state index is 12.8. The van der Waals surface area contributed by atoms with Gasteiger partial charge in [-0.15, -0.1) is 11.3 Å². The second-order valence-electron chi connectivity index (χ2n) is 5.60. The number of Topliss-reactive ketones (excluding diaryl/α,β-unsaturated/α-hetero) is 1. The van der Waals surface area contributed by atoms with E-state index in [1.54, 1.807) is 66.4 Å². The zero-order chi connectivity index (χ0) is 18.5. The molecule has 1 N–H and O–H groups in total. The highest BCUT2D eigenvalue weighted by Gasteiger charge is 2.21. The SMILES string of the molecule is CCOC(=O)c1ccc(N[C@@H](C)C(=O)c2nccn2-c2cccs2)cc1. The number of imidazole rings is 1. The molecule has 0 aliphatic rings. The fourth-order valence-electron chi connectivity index (χ4n) is 2.50. The highest BCUT2D eigenvalue weighted by molar-refractivity contribution is 7.12. The molecule has 2 heterocycles. The van der Waals surface area contributed by atoms with Gasteiger partial charge in [0.25, 0.3) is 0 Å². The van der Waals surface area contributed by atoms with Gasteiger partial charge in [-0.05, 0) is 55.6 Å². The molecule has 134 valence electrons. The van der Waals surface area contributed by atoms with Crippen molar-refractivity contribution >= 4 is 28.8 Å². The van der Waals surface area contributed by atoms with Crippen LogP contribution in [0.25, 0.3) is 5.00 Å². The van der Waals surface area contributed by atoms with Crippen molar-refractivity contribution in [3.63, 3.8) is 0 Å². The summed E-state index contributed by atoms with van der Waals surface area (Å²) in [5.74, 6) is -0.0883. The number of carbonyl (C=O) groups is 2. The summed E-state index contributed by atoms with van der Waals surface area (Å²) in [6.45, 7) is 3.89. The molecule has 6 nitrogen and oxygen atoms in total. The molecule has 0 saturated heterocycles. The fraction of sp³-hybridized carbons (Fsp3) is 0.211. The Labute approximate surface area is 155 Å². The minimum atomic E-state index is -0.468. The number of nitrogens with one attached hydrogen (secondary N) is 1. The third kappa shape index (κ3) is 3.83. The number of carbonyl (C=O) groups excluding carboxylic acids is 2. The van der Waals surface area contributed by atoms with Crippen LogP contribution in [0.4, 0.5) is 5.69 Å². The molecule has 1 atom stereocenters. The van der Waals surface area contributed by atoms with Crippen LogP contribution in [0.3, 0.4) is 0 Å². The smallest absolute Gasteiger partial charge is 0.338 e. The average Bonchev–Trinajstić information content (AvgIpc) is 3.33. The van der Waals surface area contributed by atoms with E-state index < -0.39 is 6.04 Å². The van der Waals surface area contributed by atoms with Crippen LogP contribution in [0.5, 0.6) is 0 Å². The number of anilines is 1. The number of ether oxygens (including phenoxy) is 1. The number of esters is 1. The van der Waals surface area contributed by atoms with Crippen LogP contribution in [-0.4, -0.2) is 34.0 Å². The molecule has 2 aromatic heterocycles. The van der Waals surface area contributed by atoms with Crippen molar-refractivity contribution in [3.05, 3.63) is 65.6 Å². The largest absolute Gasteiger partial charge is 0.462 e. The summed E-state index contributed by atoms with van der Waals surface area (Å²) in [5.41, 5.74) is 1.22. The standard InChI is InChI=1S/C19H19N3O3S/c1-3-25-19(24)14-6-8-15(9-7-14)21-13(2)17(23)18-20-10-11-22(18)16-5-4-12-26-16/h4-13,21H,3H2,1-2H3/t13-/m0/s1. The molecule has 7 heteroatoms. The number of hydrogen-bond acceptors (Lipinski definition) is 6. The number of benzene rings is 1. The second-order valence-corrected chi connectivity index (χ2v) is 6.53. The highest BCUT2D eigenvalue weighted by atomic mass is 32.1. The summed E-state index contributed by atoms with van der Waals surface area (Å²) in [7, 11) is 0. The summed E-state index contributed by atoms with van der Waals surface area (Å²) >= 11 is 1.54. The van der Waals surface area contributed by atoms with Gasteiger partial charge in [-0.3, -0.25) is 9.36 Å². The Hall–Kier alpha value is -2.93. The number of nitrogens with zero attached hydrogens (tertiary/aromatic N) is 2. The third-order valence-electron chi connectivity index (χ3n) is 3.78. The van der Waals surface area contributed by atoms with Crippen molar-refractivity contribution in [2.24, 2.45) is 0 Å². The summed E-state index contributed by atoms with van der Waals surface area (Å²) in [5, 5.41) is 6.05. The van der Waals surface area contributed by atoms with Crippen molar-refractivity contribution in [2.45, 2.75) is 19.9 Å². The van der Waals surface area contributed by atoms with Gasteiger partial charge in [0.05, 0.1) is 18.2 Å². The molecule has 0 fully saturated rings. The average molecular weight is 369 g/mol. The molecular weight excluding hydrogens is 350 g/mol. The lowest BCUT2D eigenvalue weighted by Gasteiger charge is -2.15. The topological polar surface area (TPSA) is 73.2 Å². The number of thiophene rings is 1. The van der Waals surface area contributed by atoms with E-state index in [4.69, 9.17) is 4.74 Å². The van der Waals surface area contributed by atoms with Crippen molar-refractivity contribution in [1.29, 1.82) is 0 Å². The van der Waals surface area contributed by atoms with E-state index in [1.807, 2.05) is 17.5 Å². The Morgan fingerprint density at radius 2 is 2.04 bits per heavy atom. The molecule has 0 spiro atoms. The molecule has 3 rings (SSSR count). The van der Waals surface area contributed by atoms with Crippen LogP contribution in [0.2, 0.25) is 0 Å². The highest BCUT2D eigenvalue weighted by Crippen LogP contribution is 2.19. The van der Waals surface area contributed by atoms with E-state index in [0.717, 1.165) is 10.7 Å². The minimum Gasteiger partial charge on any atom is -0.462 e. The first-order chi connectivity index (χ1) is 12.6. The van der Waals surface area contributed by atoms with Crippen molar-refractivity contribution in [1.82, 2.24) is 9.55 Å². The molecule has 0 aliphatic heterocycles. The molecule has 0 bridgehead atoms. The number of aromatic nitrogens is 2. The van der Waals surface area contributed by atoms with E-state index in [9.17, 15) is 9.59 Å². The molecule has 0 unspecified atom stereocenters. The van der Waals surface area contributed by atoms with E-state index in [0.29, 0.717) is 18.0 Å². The zero-order valence-electron chi connectivity index (χ0n) is 14.5. The molecular formula is C19H19N3O3S. The van der Waals surface area contributed by atoms with Gasteiger partial charge in [-0.2, -0.15) is 0 Å². The van der Waals surface area contributed by atoms with Crippen LogP contribution in [-0.2, 0) is 4.74 Å². The molecule has 3 aromatic rings. The normalized spacial score (nSPS) is 11.8. The van der Waals surface area contributed by atoms with Crippen LogP contribution in [0.1, 0.15) is 34.8 Å². The monoisotopic (exact) mass is 369 g/mol. The summed E-state index contributed by atoms with van der Waals surface area (Å²) < 4.78 is 6.75. The lowest BCUT2D eigenvalue weighted by Crippen LogP contribution is -2.28. The van der Waals surface area contributed by atoms with Gasteiger partial charge in [0.1, 0.15) is 5.00 Å². The number of ketones is 1. The Morgan fingerprint density at radius 1 is 1.27 bits per heavy atom.